The maximum absolute atomic E-state index is 10.9. The van der Waals surface area contributed by atoms with Gasteiger partial charge >= 0.3 is 0 Å². The van der Waals surface area contributed by atoms with Gasteiger partial charge in [-0.25, -0.2) is 0 Å². The Morgan fingerprint density at radius 1 is 1.22 bits per heavy atom. The fourth-order valence-corrected chi connectivity index (χ4v) is 2.76. The van der Waals surface area contributed by atoms with Crippen molar-refractivity contribution >= 4 is 18.0 Å². The Bertz CT molecular complexity index is 625. The molecule has 0 saturated carbocycles. The number of hydrogen-bond acceptors (Lipinski definition) is 4. The van der Waals surface area contributed by atoms with Crippen LogP contribution in [-0.4, -0.2) is 29.5 Å². The standard InChI is InChI=1S/C19H22O3S/c1-14-4-3-5-16(10-14)19(21)13-22-17-8-6-15(7-9-17)11-18(12-20)23-2/h3-10,12,18-19,21H,11,13H2,1-2H3. The van der Waals surface area contributed by atoms with Gasteiger partial charge in [0.05, 0.1) is 5.25 Å². The lowest BCUT2D eigenvalue weighted by Gasteiger charge is -2.14. The van der Waals surface area contributed by atoms with Crippen LogP contribution in [0.2, 0.25) is 0 Å². The molecule has 4 heteroatoms. The van der Waals surface area contributed by atoms with E-state index in [1.807, 2.05) is 61.7 Å². The summed E-state index contributed by atoms with van der Waals surface area (Å²) in [5, 5.41) is 10.2. The van der Waals surface area contributed by atoms with Gasteiger partial charge in [0, 0.05) is 0 Å². The summed E-state index contributed by atoms with van der Waals surface area (Å²) in [6.45, 7) is 2.21. The Morgan fingerprint density at radius 2 is 1.96 bits per heavy atom. The van der Waals surface area contributed by atoms with Crippen molar-refractivity contribution in [2.75, 3.05) is 12.9 Å². The van der Waals surface area contributed by atoms with Crippen molar-refractivity contribution in [3.05, 3.63) is 65.2 Å². The first-order valence-electron chi connectivity index (χ1n) is 7.57. The number of thioether (sulfide) groups is 1. The second-order valence-corrected chi connectivity index (χ2v) is 6.58. The third-order valence-electron chi connectivity index (χ3n) is 3.65. The fraction of sp³-hybridized carbons (Fsp3) is 0.316. The van der Waals surface area contributed by atoms with Crippen LogP contribution in [0.15, 0.2) is 48.5 Å². The molecule has 2 aromatic carbocycles. The van der Waals surface area contributed by atoms with Crippen LogP contribution in [0.1, 0.15) is 22.8 Å². The van der Waals surface area contributed by atoms with E-state index in [-0.39, 0.29) is 11.9 Å². The zero-order valence-electron chi connectivity index (χ0n) is 13.4. The number of rotatable bonds is 8. The van der Waals surface area contributed by atoms with E-state index in [1.165, 1.54) is 0 Å². The van der Waals surface area contributed by atoms with Gasteiger partial charge in [-0.1, -0.05) is 42.0 Å². The molecule has 2 rings (SSSR count). The van der Waals surface area contributed by atoms with Crippen LogP contribution in [0.5, 0.6) is 5.75 Å². The highest BCUT2D eigenvalue weighted by Crippen LogP contribution is 2.19. The normalized spacial score (nSPS) is 13.3. The van der Waals surface area contributed by atoms with Gasteiger partial charge in [0.1, 0.15) is 24.7 Å². The first kappa shape index (κ1) is 17.6. The average molecular weight is 330 g/mol. The first-order chi connectivity index (χ1) is 11.1. The smallest absolute Gasteiger partial charge is 0.133 e. The van der Waals surface area contributed by atoms with Crippen LogP contribution in [0.25, 0.3) is 0 Å². The molecular weight excluding hydrogens is 308 g/mol. The van der Waals surface area contributed by atoms with E-state index in [0.29, 0.717) is 5.75 Å². The van der Waals surface area contributed by atoms with Crippen molar-refractivity contribution in [1.29, 1.82) is 0 Å². The summed E-state index contributed by atoms with van der Waals surface area (Å²) < 4.78 is 5.65. The quantitative estimate of drug-likeness (QED) is 0.752. The van der Waals surface area contributed by atoms with Gasteiger partial charge < -0.3 is 14.6 Å². The van der Waals surface area contributed by atoms with Gasteiger partial charge in [-0.3, -0.25) is 0 Å². The number of aryl methyl sites for hydroxylation is 1. The van der Waals surface area contributed by atoms with Gasteiger partial charge in [-0.2, -0.15) is 11.8 Å². The first-order valence-corrected chi connectivity index (χ1v) is 8.85. The molecule has 1 N–H and O–H groups in total. The minimum Gasteiger partial charge on any atom is -0.491 e. The van der Waals surface area contributed by atoms with Gasteiger partial charge in [0.15, 0.2) is 0 Å². The molecule has 2 aromatic rings. The lowest BCUT2D eigenvalue weighted by atomic mass is 10.1. The summed E-state index contributed by atoms with van der Waals surface area (Å²) >= 11 is 1.55. The van der Waals surface area contributed by atoms with E-state index >= 15 is 0 Å². The Hall–Kier alpha value is -1.78. The number of hydrogen-bond donors (Lipinski definition) is 1. The second-order valence-electron chi connectivity index (χ2n) is 5.50. The van der Waals surface area contributed by atoms with Gasteiger partial charge in [0.2, 0.25) is 0 Å². The summed E-state index contributed by atoms with van der Waals surface area (Å²) in [4.78, 5) is 10.9. The van der Waals surface area contributed by atoms with Crippen LogP contribution >= 0.6 is 11.8 Å². The molecule has 0 aliphatic rings. The van der Waals surface area contributed by atoms with Crippen LogP contribution in [-0.2, 0) is 11.2 Å². The maximum Gasteiger partial charge on any atom is 0.133 e. The largest absolute Gasteiger partial charge is 0.491 e. The van der Waals surface area contributed by atoms with Crippen LogP contribution in [0.4, 0.5) is 0 Å². The molecule has 2 unspecified atom stereocenters. The highest BCUT2D eigenvalue weighted by atomic mass is 32.2. The summed E-state index contributed by atoms with van der Waals surface area (Å²) in [5.41, 5.74) is 3.07. The minimum absolute atomic E-state index is 0.00934. The lowest BCUT2D eigenvalue weighted by molar-refractivity contribution is -0.107. The van der Waals surface area contributed by atoms with Crippen molar-refractivity contribution in [2.24, 2.45) is 0 Å². The predicted octanol–water partition coefficient (Wildman–Crippen LogP) is 3.58. The van der Waals surface area contributed by atoms with E-state index in [4.69, 9.17) is 4.74 Å². The molecule has 0 aliphatic heterocycles. The fourth-order valence-electron chi connectivity index (χ4n) is 2.29. The van der Waals surface area contributed by atoms with E-state index in [2.05, 4.69) is 0 Å². The van der Waals surface area contributed by atoms with E-state index in [9.17, 15) is 9.90 Å². The molecular formula is C19H22O3S. The van der Waals surface area contributed by atoms with Gasteiger partial charge in [0.25, 0.3) is 0 Å². The number of benzene rings is 2. The molecule has 122 valence electrons. The molecule has 0 saturated heterocycles. The second kappa shape index (κ2) is 8.75. The molecule has 0 aliphatic carbocycles. The summed E-state index contributed by atoms with van der Waals surface area (Å²) in [5.74, 6) is 0.715. The maximum atomic E-state index is 10.9. The van der Waals surface area contributed by atoms with Gasteiger partial charge in [-0.15, -0.1) is 0 Å². The average Bonchev–Trinajstić information content (AvgIpc) is 2.58. The van der Waals surface area contributed by atoms with Crippen LogP contribution in [0, 0.1) is 6.92 Å². The third-order valence-corrected chi connectivity index (χ3v) is 4.53. The molecule has 0 radical (unpaired) electrons. The van der Waals surface area contributed by atoms with Crippen molar-refractivity contribution in [2.45, 2.75) is 24.7 Å². The summed E-state index contributed by atoms with van der Waals surface area (Å²) in [6.07, 6.45) is 2.98. The van der Waals surface area contributed by atoms with E-state index < -0.39 is 6.10 Å². The van der Waals surface area contributed by atoms with Crippen LogP contribution in [0.3, 0.4) is 0 Å². The molecule has 0 spiro atoms. The van der Waals surface area contributed by atoms with Gasteiger partial charge in [-0.05, 0) is 42.9 Å². The molecule has 0 amide bonds. The lowest BCUT2D eigenvalue weighted by Crippen LogP contribution is -2.10. The monoisotopic (exact) mass is 330 g/mol. The topological polar surface area (TPSA) is 46.5 Å². The summed E-state index contributed by atoms with van der Waals surface area (Å²) in [6, 6.07) is 15.4. The Morgan fingerprint density at radius 3 is 2.57 bits per heavy atom. The van der Waals surface area contributed by atoms with E-state index in [1.54, 1.807) is 11.8 Å². The Labute approximate surface area is 141 Å². The third kappa shape index (κ3) is 5.41. The highest BCUT2D eigenvalue weighted by molar-refractivity contribution is 7.99. The Balaban J connectivity index is 1.89. The summed E-state index contributed by atoms with van der Waals surface area (Å²) in [7, 11) is 0. The Kier molecular flexibility index (Phi) is 6.68. The molecule has 0 fully saturated rings. The number of ether oxygens (including phenoxy) is 1. The predicted molar refractivity (Wildman–Crippen MR) is 95.1 cm³/mol. The molecule has 0 heterocycles. The number of carbonyl (C=O) groups excluding carboxylic acids is 1. The molecule has 2 atom stereocenters. The number of aliphatic hydroxyl groups excluding tert-OH is 1. The number of aliphatic hydroxyl groups is 1. The highest BCUT2D eigenvalue weighted by Gasteiger charge is 2.09. The van der Waals surface area contributed by atoms with Crippen LogP contribution < -0.4 is 4.74 Å². The molecule has 3 nitrogen and oxygen atoms in total. The minimum atomic E-state index is -0.648. The number of aldehydes is 1. The van der Waals surface area contributed by atoms with E-state index in [0.717, 1.165) is 29.4 Å². The van der Waals surface area contributed by atoms with Crippen molar-refractivity contribution in [3.8, 4) is 5.75 Å². The molecule has 23 heavy (non-hydrogen) atoms. The number of carbonyl (C=O) groups is 1. The SMILES string of the molecule is CSC(C=O)Cc1ccc(OCC(O)c2cccc(C)c2)cc1. The van der Waals surface area contributed by atoms with Crippen molar-refractivity contribution in [1.82, 2.24) is 0 Å². The molecule has 0 aromatic heterocycles. The molecule has 0 bridgehead atoms. The van der Waals surface area contributed by atoms with Crippen molar-refractivity contribution < 1.29 is 14.6 Å². The zero-order valence-corrected chi connectivity index (χ0v) is 14.3. The zero-order chi connectivity index (χ0) is 16.7. The van der Waals surface area contributed by atoms with Crippen molar-refractivity contribution in [3.63, 3.8) is 0 Å².